The van der Waals surface area contributed by atoms with Crippen molar-refractivity contribution in [3.63, 3.8) is 0 Å². The van der Waals surface area contributed by atoms with Gasteiger partial charge in [-0.2, -0.15) is 0 Å². The molecule has 0 radical (unpaired) electrons. The molecule has 0 atom stereocenters. The van der Waals surface area contributed by atoms with E-state index in [2.05, 4.69) is 20.4 Å². The normalized spacial score (nSPS) is 10.5. The summed E-state index contributed by atoms with van der Waals surface area (Å²) >= 11 is 0. The number of carbonyl (C=O) groups excluding carboxylic acids is 1. The van der Waals surface area contributed by atoms with Crippen LogP contribution in [0.3, 0.4) is 0 Å². The van der Waals surface area contributed by atoms with E-state index in [-0.39, 0.29) is 18.3 Å². The van der Waals surface area contributed by atoms with Gasteiger partial charge in [0.15, 0.2) is 5.82 Å². The molecule has 0 aliphatic carbocycles. The first kappa shape index (κ1) is 18.4. The van der Waals surface area contributed by atoms with Crippen LogP contribution >= 0.6 is 0 Å². The molecule has 4 rings (SSSR count). The monoisotopic (exact) mass is 385 g/mol. The summed E-state index contributed by atoms with van der Waals surface area (Å²) in [6, 6.07) is 22.9. The van der Waals surface area contributed by atoms with E-state index in [1.54, 1.807) is 24.1 Å². The van der Waals surface area contributed by atoms with Gasteiger partial charge < -0.3 is 10.1 Å². The van der Waals surface area contributed by atoms with Crippen LogP contribution in [0.5, 0.6) is 5.88 Å². The Labute approximate surface area is 168 Å². The summed E-state index contributed by atoms with van der Waals surface area (Å²) in [5.74, 6) is 0.791. The number of aromatic nitrogens is 4. The van der Waals surface area contributed by atoms with Gasteiger partial charge in [0.2, 0.25) is 11.7 Å². The number of carbonyl (C=O) groups is 1. The standard InChI is InChI=1S/C22H19N5O2/c1-29-22-17(11-8-14-23-22)15-24-21(28)19-25-20(16-9-4-2-5-10-16)27(26-19)18-12-6-3-7-13-18/h2-14H,15H2,1H3,(H,24,28). The molecule has 2 aromatic carbocycles. The van der Waals surface area contributed by atoms with Crippen molar-refractivity contribution in [2.45, 2.75) is 6.54 Å². The number of pyridine rings is 1. The molecule has 144 valence electrons. The van der Waals surface area contributed by atoms with Gasteiger partial charge >= 0.3 is 0 Å². The summed E-state index contributed by atoms with van der Waals surface area (Å²) in [4.78, 5) is 21.4. The van der Waals surface area contributed by atoms with Gasteiger partial charge in [-0.15, -0.1) is 5.10 Å². The number of amides is 1. The van der Waals surface area contributed by atoms with Gasteiger partial charge in [0.05, 0.1) is 12.8 Å². The van der Waals surface area contributed by atoms with Crippen molar-refractivity contribution in [1.82, 2.24) is 25.1 Å². The van der Waals surface area contributed by atoms with Crippen molar-refractivity contribution in [3.05, 3.63) is 90.4 Å². The zero-order valence-corrected chi connectivity index (χ0v) is 15.8. The van der Waals surface area contributed by atoms with Crippen molar-refractivity contribution < 1.29 is 9.53 Å². The Kier molecular flexibility index (Phi) is 5.29. The number of para-hydroxylation sites is 1. The Bertz CT molecular complexity index is 1050. The molecule has 0 aliphatic rings. The molecule has 0 saturated carbocycles. The minimum atomic E-state index is -0.372. The largest absolute Gasteiger partial charge is 0.481 e. The zero-order valence-electron chi connectivity index (χ0n) is 15.8. The number of ether oxygens (including phenoxy) is 1. The Morgan fingerprint density at radius 3 is 2.45 bits per heavy atom. The third kappa shape index (κ3) is 3.98. The minimum absolute atomic E-state index is 0.0931. The van der Waals surface area contributed by atoms with Gasteiger partial charge in [0.25, 0.3) is 5.91 Å². The molecule has 0 fully saturated rings. The number of nitrogens with one attached hydrogen (secondary N) is 1. The van der Waals surface area contributed by atoms with E-state index in [0.29, 0.717) is 11.7 Å². The van der Waals surface area contributed by atoms with E-state index >= 15 is 0 Å². The van der Waals surface area contributed by atoms with Crippen LogP contribution in [-0.4, -0.2) is 32.8 Å². The second kappa shape index (κ2) is 8.35. The Morgan fingerprint density at radius 2 is 1.72 bits per heavy atom. The average molecular weight is 385 g/mol. The van der Waals surface area contributed by atoms with E-state index in [1.807, 2.05) is 66.7 Å². The summed E-state index contributed by atoms with van der Waals surface area (Å²) in [6.07, 6.45) is 1.64. The molecular weight excluding hydrogens is 366 g/mol. The summed E-state index contributed by atoms with van der Waals surface area (Å²) in [5, 5.41) is 7.29. The number of methoxy groups -OCH3 is 1. The van der Waals surface area contributed by atoms with E-state index in [4.69, 9.17) is 4.74 Å². The predicted octanol–water partition coefficient (Wildman–Crippen LogP) is 3.27. The average Bonchev–Trinajstić information content (AvgIpc) is 3.24. The van der Waals surface area contributed by atoms with E-state index < -0.39 is 0 Å². The topological polar surface area (TPSA) is 81.9 Å². The molecule has 0 aliphatic heterocycles. The Hall–Kier alpha value is -4.00. The SMILES string of the molecule is COc1ncccc1CNC(=O)c1nc(-c2ccccc2)n(-c2ccccc2)n1. The lowest BCUT2D eigenvalue weighted by Gasteiger charge is -2.07. The maximum absolute atomic E-state index is 12.7. The summed E-state index contributed by atoms with van der Waals surface area (Å²) in [6.45, 7) is 0.260. The maximum Gasteiger partial charge on any atom is 0.291 e. The zero-order chi connectivity index (χ0) is 20.1. The van der Waals surface area contributed by atoms with Gasteiger partial charge in [-0.1, -0.05) is 54.6 Å². The fourth-order valence-electron chi connectivity index (χ4n) is 2.93. The highest BCUT2D eigenvalue weighted by atomic mass is 16.5. The van der Waals surface area contributed by atoms with Crippen molar-refractivity contribution in [2.24, 2.45) is 0 Å². The second-order valence-corrected chi connectivity index (χ2v) is 6.23. The lowest BCUT2D eigenvalue weighted by Crippen LogP contribution is -2.24. The van der Waals surface area contributed by atoms with Crippen LogP contribution in [0.2, 0.25) is 0 Å². The lowest BCUT2D eigenvalue weighted by molar-refractivity contribution is 0.0940. The summed E-state index contributed by atoms with van der Waals surface area (Å²) in [5.41, 5.74) is 2.47. The molecule has 4 aromatic rings. The molecule has 2 aromatic heterocycles. The number of rotatable bonds is 6. The molecule has 2 heterocycles. The third-order valence-corrected chi connectivity index (χ3v) is 4.33. The van der Waals surface area contributed by atoms with Gasteiger partial charge in [-0.3, -0.25) is 4.79 Å². The van der Waals surface area contributed by atoms with Gasteiger partial charge in [-0.25, -0.2) is 14.6 Å². The second-order valence-electron chi connectivity index (χ2n) is 6.23. The van der Waals surface area contributed by atoms with Gasteiger partial charge in [-0.05, 0) is 18.2 Å². The van der Waals surface area contributed by atoms with Crippen LogP contribution in [0.4, 0.5) is 0 Å². The minimum Gasteiger partial charge on any atom is -0.481 e. The van der Waals surface area contributed by atoms with E-state index in [0.717, 1.165) is 16.8 Å². The quantitative estimate of drug-likeness (QED) is 0.551. The molecule has 7 heteroatoms. The highest BCUT2D eigenvalue weighted by Crippen LogP contribution is 2.21. The lowest BCUT2D eigenvalue weighted by atomic mass is 10.2. The first-order valence-corrected chi connectivity index (χ1v) is 9.10. The number of hydrogen-bond donors (Lipinski definition) is 1. The van der Waals surface area contributed by atoms with Crippen LogP contribution in [0, 0.1) is 0 Å². The summed E-state index contributed by atoms with van der Waals surface area (Å²) < 4.78 is 6.90. The van der Waals surface area contributed by atoms with Gasteiger partial charge in [0, 0.05) is 23.9 Å². The highest BCUT2D eigenvalue weighted by molar-refractivity contribution is 5.91. The number of hydrogen-bond acceptors (Lipinski definition) is 5. The molecule has 1 N–H and O–H groups in total. The highest BCUT2D eigenvalue weighted by Gasteiger charge is 2.19. The van der Waals surface area contributed by atoms with Crippen LogP contribution in [0.15, 0.2) is 79.0 Å². The van der Waals surface area contributed by atoms with E-state index in [1.165, 1.54) is 0 Å². The van der Waals surface area contributed by atoms with Gasteiger partial charge in [0.1, 0.15) is 0 Å². The fraction of sp³-hybridized carbons (Fsp3) is 0.0909. The van der Waals surface area contributed by atoms with Crippen molar-refractivity contribution in [1.29, 1.82) is 0 Å². The Balaban J connectivity index is 1.64. The van der Waals surface area contributed by atoms with Crippen LogP contribution in [0.25, 0.3) is 17.1 Å². The Morgan fingerprint density at radius 1 is 1.00 bits per heavy atom. The molecule has 7 nitrogen and oxygen atoms in total. The molecule has 0 spiro atoms. The smallest absolute Gasteiger partial charge is 0.291 e. The van der Waals surface area contributed by atoms with Crippen LogP contribution in [0.1, 0.15) is 16.2 Å². The maximum atomic E-state index is 12.7. The first-order valence-electron chi connectivity index (χ1n) is 9.10. The predicted molar refractivity (Wildman–Crippen MR) is 109 cm³/mol. The molecular formula is C22H19N5O2. The first-order chi connectivity index (χ1) is 14.3. The van der Waals surface area contributed by atoms with E-state index in [9.17, 15) is 4.79 Å². The third-order valence-electron chi connectivity index (χ3n) is 4.33. The molecule has 29 heavy (non-hydrogen) atoms. The summed E-state index contributed by atoms with van der Waals surface area (Å²) in [7, 11) is 1.54. The molecule has 0 bridgehead atoms. The van der Waals surface area contributed by atoms with Crippen molar-refractivity contribution in [2.75, 3.05) is 7.11 Å². The van der Waals surface area contributed by atoms with Crippen molar-refractivity contribution in [3.8, 4) is 23.0 Å². The molecule has 1 amide bonds. The number of nitrogens with zero attached hydrogens (tertiary/aromatic N) is 4. The van der Waals surface area contributed by atoms with Crippen LogP contribution < -0.4 is 10.1 Å². The van der Waals surface area contributed by atoms with Crippen LogP contribution in [-0.2, 0) is 6.54 Å². The number of benzene rings is 2. The van der Waals surface area contributed by atoms with Crippen molar-refractivity contribution >= 4 is 5.91 Å². The fourth-order valence-corrected chi connectivity index (χ4v) is 2.93. The molecule has 0 saturated heterocycles. The molecule has 0 unspecified atom stereocenters.